The molecule has 0 aliphatic carbocycles. The Morgan fingerprint density at radius 3 is 2.38 bits per heavy atom. The van der Waals surface area contributed by atoms with Gasteiger partial charge in [0, 0.05) is 37.2 Å². The first-order chi connectivity index (χ1) is 11.6. The molecule has 0 N–H and O–H groups in total. The first-order valence-electron chi connectivity index (χ1n) is 7.69. The summed E-state index contributed by atoms with van der Waals surface area (Å²) in [5.74, 6) is 1.72. The van der Waals surface area contributed by atoms with Crippen molar-refractivity contribution in [1.82, 2.24) is 9.80 Å². The molecule has 0 atom stereocenters. The topological polar surface area (TPSA) is 51.2 Å². The summed E-state index contributed by atoms with van der Waals surface area (Å²) in [6, 6.07) is 3.89. The van der Waals surface area contributed by atoms with Gasteiger partial charge in [0.15, 0.2) is 11.5 Å². The van der Waals surface area contributed by atoms with E-state index in [0.717, 1.165) is 29.7 Å². The predicted octanol–water partition coefficient (Wildman–Crippen LogP) is 2.96. The molecule has 1 aliphatic rings. The standard InChI is InChI=1S/C16H22BrClN2O4/c1-22-14-9-12(13(17)10-15(14)23-2)11-19-4-6-20(7-5-19)16(21)24-8-3-18/h9-10H,3-8,11H2,1-2H3. The van der Waals surface area contributed by atoms with Crippen molar-refractivity contribution in [3.63, 3.8) is 0 Å². The van der Waals surface area contributed by atoms with Gasteiger partial charge in [-0.05, 0) is 17.7 Å². The lowest BCUT2D eigenvalue weighted by molar-refractivity contribution is 0.0782. The lowest BCUT2D eigenvalue weighted by Gasteiger charge is -2.34. The van der Waals surface area contributed by atoms with E-state index in [1.807, 2.05) is 12.1 Å². The van der Waals surface area contributed by atoms with Gasteiger partial charge in [0.2, 0.25) is 0 Å². The van der Waals surface area contributed by atoms with Crippen LogP contribution in [-0.2, 0) is 11.3 Å². The number of methoxy groups -OCH3 is 2. The third kappa shape index (κ3) is 4.91. The summed E-state index contributed by atoms with van der Waals surface area (Å²) in [6.45, 7) is 3.89. The summed E-state index contributed by atoms with van der Waals surface area (Å²) in [5, 5.41) is 0. The highest BCUT2D eigenvalue weighted by Crippen LogP contribution is 2.34. The van der Waals surface area contributed by atoms with Crippen LogP contribution in [0.1, 0.15) is 5.56 Å². The average molecular weight is 422 g/mol. The van der Waals surface area contributed by atoms with Crippen molar-refractivity contribution < 1.29 is 19.0 Å². The summed E-state index contributed by atoms with van der Waals surface area (Å²) in [4.78, 5) is 15.8. The van der Waals surface area contributed by atoms with E-state index in [4.69, 9.17) is 25.8 Å². The molecule has 1 amide bonds. The highest BCUT2D eigenvalue weighted by atomic mass is 79.9. The summed E-state index contributed by atoms with van der Waals surface area (Å²) >= 11 is 9.11. The highest BCUT2D eigenvalue weighted by Gasteiger charge is 2.23. The van der Waals surface area contributed by atoms with Gasteiger partial charge in [-0.15, -0.1) is 11.6 Å². The molecule has 1 aromatic rings. The van der Waals surface area contributed by atoms with Gasteiger partial charge in [-0.2, -0.15) is 0 Å². The molecule has 0 radical (unpaired) electrons. The molecular weight excluding hydrogens is 400 g/mol. The SMILES string of the molecule is COc1cc(Br)c(CN2CCN(C(=O)OCCCl)CC2)cc1OC. The Morgan fingerprint density at radius 2 is 1.79 bits per heavy atom. The van der Waals surface area contributed by atoms with Crippen molar-refractivity contribution in [3.05, 3.63) is 22.2 Å². The van der Waals surface area contributed by atoms with Crippen LogP contribution in [0, 0.1) is 0 Å². The van der Waals surface area contributed by atoms with E-state index in [9.17, 15) is 4.79 Å². The number of carbonyl (C=O) groups excluding carboxylic acids is 1. The van der Waals surface area contributed by atoms with Crippen LogP contribution in [0.5, 0.6) is 11.5 Å². The number of nitrogens with zero attached hydrogens (tertiary/aromatic N) is 2. The van der Waals surface area contributed by atoms with E-state index in [1.54, 1.807) is 19.1 Å². The Hall–Kier alpha value is -1.18. The number of hydrogen-bond acceptors (Lipinski definition) is 5. The normalized spacial score (nSPS) is 15.2. The minimum atomic E-state index is -0.289. The number of rotatable bonds is 6. The zero-order valence-electron chi connectivity index (χ0n) is 13.9. The number of halogens is 2. The largest absolute Gasteiger partial charge is 0.493 e. The summed E-state index contributed by atoms with van der Waals surface area (Å²) in [7, 11) is 3.24. The fraction of sp³-hybridized carbons (Fsp3) is 0.562. The van der Waals surface area contributed by atoms with E-state index in [-0.39, 0.29) is 12.7 Å². The first kappa shape index (κ1) is 19.1. The second kappa shape index (κ2) is 9.34. The van der Waals surface area contributed by atoms with Crippen LogP contribution in [0.25, 0.3) is 0 Å². The van der Waals surface area contributed by atoms with Crippen molar-refractivity contribution in [2.24, 2.45) is 0 Å². The average Bonchev–Trinajstić information content (AvgIpc) is 2.61. The Labute approximate surface area is 155 Å². The number of benzene rings is 1. The second-order valence-electron chi connectivity index (χ2n) is 5.37. The molecule has 0 unspecified atom stereocenters. The summed E-state index contributed by atoms with van der Waals surface area (Å²) < 4.78 is 16.7. The maximum Gasteiger partial charge on any atom is 0.409 e. The molecule has 0 aromatic heterocycles. The maximum atomic E-state index is 11.8. The monoisotopic (exact) mass is 420 g/mol. The fourth-order valence-corrected chi connectivity index (χ4v) is 3.09. The Morgan fingerprint density at radius 1 is 1.17 bits per heavy atom. The van der Waals surface area contributed by atoms with Crippen LogP contribution in [-0.4, -0.2) is 68.8 Å². The van der Waals surface area contributed by atoms with Crippen molar-refractivity contribution in [2.45, 2.75) is 6.54 Å². The third-order valence-corrected chi connectivity index (χ3v) is 4.77. The van der Waals surface area contributed by atoms with Gasteiger partial charge in [-0.25, -0.2) is 4.79 Å². The predicted molar refractivity (Wildman–Crippen MR) is 96.2 cm³/mol. The van der Waals surface area contributed by atoms with Gasteiger partial charge in [-0.3, -0.25) is 4.90 Å². The van der Waals surface area contributed by atoms with Gasteiger partial charge in [0.1, 0.15) is 6.61 Å². The Bertz CT molecular complexity index is 565. The summed E-state index contributed by atoms with van der Waals surface area (Å²) in [5.41, 5.74) is 1.12. The molecule has 1 aromatic carbocycles. The lowest BCUT2D eigenvalue weighted by atomic mass is 10.1. The van der Waals surface area contributed by atoms with Gasteiger partial charge in [0.05, 0.1) is 20.1 Å². The molecule has 2 rings (SSSR count). The van der Waals surface area contributed by atoms with E-state index in [0.29, 0.717) is 30.5 Å². The van der Waals surface area contributed by atoms with E-state index in [2.05, 4.69) is 20.8 Å². The Balaban J connectivity index is 1.93. The van der Waals surface area contributed by atoms with Gasteiger partial charge >= 0.3 is 6.09 Å². The van der Waals surface area contributed by atoms with Crippen LogP contribution in [0.3, 0.4) is 0 Å². The molecule has 1 aliphatic heterocycles. The summed E-state index contributed by atoms with van der Waals surface area (Å²) in [6.07, 6.45) is -0.289. The Kier molecular flexibility index (Phi) is 7.45. The highest BCUT2D eigenvalue weighted by molar-refractivity contribution is 9.10. The number of ether oxygens (including phenoxy) is 3. The number of piperazine rings is 1. The number of alkyl halides is 1. The molecular formula is C16H22BrClN2O4. The number of hydrogen-bond donors (Lipinski definition) is 0. The molecule has 8 heteroatoms. The molecule has 0 bridgehead atoms. The smallest absolute Gasteiger partial charge is 0.409 e. The minimum absolute atomic E-state index is 0.249. The molecule has 1 heterocycles. The zero-order chi connectivity index (χ0) is 17.5. The van der Waals surface area contributed by atoms with E-state index < -0.39 is 0 Å². The van der Waals surface area contributed by atoms with Crippen molar-refractivity contribution in [3.8, 4) is 11.5 Å². The molecule has 6 nitrogen and oxygen atoms in total. The van der Waals surface area contributed by atoms with Crippen LogP contribution in [0.15, 0.2) is 16.6 Å². The van der Waals surface area contributed by atoms with Crippen LogP contribution in [0.2, 0.25) is 0 Å². The fourth-order valence-electron chi connectivity index (χ4n) is 2.56. The van der Waals surface area contributed by atoms with Gasteiger partial charge in [-0.1, -0.05) is 15.9 Å². The number of amides is 1. The van der Waals surface area contributed by atoms with Crippen LogP contribution in [0.4, 0.5) is 4.79 Å². The zero-order valence-corrected chi connectivity index (χ0v) is 16.2. The maximum absolute atomic E-state index is 11.8. The molecule has 0 saturated carbocycles. The van der Waals surface area contributed by atoms with Crippen LogP contribution >= 0.6 is 27.5 Å². The molecule has 24 heavy (non-hydrogen) atoms. The molecule has 1 fully saturated rings. The van der Waals surface area contributed by atoms with E-state index in [1.165, 1.54) is 0 Å². The van der Waals surface area contributed by atoms with E-state index >= 15 is 0 Å². The molecule has 134 valence electrons. The molecule has 0 spiro atoms. The minimum Gasteiger partial charge on any atom is -0.493 e. The van der Waals surface area contributed by atoms with Gasteiger partial charge < -0.3 is 19.1 Å². The molecule has 1 saturated heterocycles. The lowest BCUT2D eigenvalue weighted by Crippen LogP contribution is -2.48. The van der Waals surface area contributed by atoms with Crippen molar-refractivity contribution >= 4 is 33.6 Å². The third-order valence-electron chi connectivity index (χ3n) is 3.88. The van der Waals surface area contributed by atoms with Crippen molar-refractivity contribution in [2.75, 3.05) is 52.9 Å². The first-order valence-corrected chi connectivity index (χ1v) is 9.02. The second-order valence-corrected chi connectivity index (χ2v) is 6.60. The van der Waals surface area contributed by atoms with Crippen LogP contribution < -0.4 is 9.47 Å². The number of carbonyl (C=O) groups is 1. The quantitative estimate of drug-likeness (QED) is 0.661. The van der Waals surface area contributed by atoms with Crippen molar-refractivity contribution in [1.29, 1.82) is 0 Å². The van der Waals surface area contributed by atoms with Gasteiger partial charge in [0.25, 0.3) is 0 Å².